The van der Waals surface area contributed by atoms with Crippen LogP contribution in [0.2, 0.25) is 0 Å². The van der Waals surface area contributed by atoms with Gasteiger partial charge in [-0.1, -0.05) is 26.3 Å². The molecule has 2 aliphatic heterocycles. The van der Waals surface area contributed by atoms with Gasteiger partial charge in [0.05, 0.1) is 12.8 Å². The minimum Gasteiger partial charge on any atom is -0.492 e. The van der Waals surface area contributed by atoms with E-state index in [-0.39, 0.29) is 11.8 Å². The lowest BCUT2D eigenvalue weighted by Gasteiger charge is -2.52. The number of hydrogen-bond donors (Lipinski definition) is 1. The smallest absolute Gasteiger partial charge is 0.229 e. The second-order valence-corrected chi connectivity index (χ2v) is 10.5. The van der Waals surface area contributed by atoms with Crippen molar-refractivity contribution in [1.29, 1.82) is 0 Å². The first-order valence-corrected chi connectivity index (χ1v) is 12.5. The number of fused-ring (bicyclic) bond motifs is 2. The van der Waals surface area contributed by atoms with Crippen LogP contribution in [0, 0.1) is 17.8 Å². The molecule has 6 nitrogen and oxygen atoms in total. The average Bonchev–Trinajstić information content (AvgIpc) is 3.51. The fourth-order valence-electron chi connectivity index (χ4n) is 4.45. The van der Waals surface area contributed by atoms with Crippen LogP contribution in [0.15, 0.2) is 73.4 Å². The molecule has 3 fully saturated rings. The summed E-state index contributed by atoms with van der Waals surface area (Å²) >= 11 is 0. The molecule has 4 rings (SSSR count). The van der Waals surface area contributed by atoms with E-state index in [4.69, 9.17) is 4.74 Å². The van der Waals surface area contributed by atoms with Gasteiger partial charge in [0.15, 0.2) is 0 Å². The first-order valence-electron chi connectivity index (χ1n) is 10.6. The summed E-state index contributed by atoms with van der Waals surface area (Å²) in [6.45, 7) is 19.6. The molecule has 2 saturated heterocycles. The maximum atomic E-state index is 11.3. The van der Waals surface area contributed by atoms with E-state index < -0.39 is 10.0 Å². The third-order valence-electron chi connectivity index (χ3n) is 6.35. The number of benzene rings is 1. The Bertz CT molecular complexity index is 991. The maximum absolute atomic E-state index is 11.3. The van der Waals surface area contributed by atoms with Crippen molar-refractivity contribution in [2.45, 2.75) is 19.3 Å². The molecule has 166 valence electrons. The van der Waals surface area contributed by atoms with Crippen molar-refractivity contribution in [3.05, 3.63) is 73.4 Å². The van der Waals surface area contributed by atoms with E-state index in [1.807, 2.05) is 0 Å². The predicted octanol–water partition coefficient (Wildman–Crippen LogP) is 4.16. The Labute approximate surface area is 185 Å². The number of anilines is 1. The lowest BCUT2D eigenvalue weighted by molar-refractivity contribution is 0.169. The lowest BCUT2D eigenvalue weighted by atomic mass is 9.77. The van der Waals surface area contributed by atoms with Gasteiger partial charge < -0.3 is 14.5 Å². The van der Waals surface area contributed by atoms with Crippen LogP contribution in [0.5, 0.6) is 5.75 Å². The van der Waals surface area contributed by atoms with Crippen molar-refractivity contribution in [3.63, 3.8) is 0 Å². The second kappa shape index (κ2) is 8.11. The van der Waals surface area contributed by atoms with Crippen LogP contribution in [-0.4, -0.2) is 44.2 Å². The lowest BCUT2D eigenvalue weighted by Crippen LogP contribution is -2.47. The van der Waals surface area contributed by atoms with Gasteiger partial charge in [-0.05, 0) is 49.4 Å². The Balaban J connectivity index is 1.37. The van der Waals surface area contributed by atoms with E-state index in [0.717, 1.165) is 47.9 Å². The third kappa shape index (κ3) is 4.66. The van der Waals surface area contributed by atoms with Crippen LogP contribution in [0.3, 0.4) is 0 Å². The van der Waals surface area contributed by atoms with Crippen LogP contribution in [0.4, 0.5) is 5.69 Å². The SMILES string of the molecule is C=C1C2CC(C(=C)N1CCOc1ccc(NS(C)(=O)=O)cc1)C(=C)N(CC1CC1)C2=C. The van der Waals surface area contributed by atoms with E-state index in [1.165, 1.54) is 12.8 Å². The van der Waals surface area contributed by atoms with E-state index in [9.17, 15) is 8.42 Å². The van der Waals surface area contributed by atoms with Gasteiger partial charge in [-0.2, -0.15) is 0 Å². The fourth-order valence-corrected chi connectivity index (χ4v) is 5.02. The monoisotopic (exact) mass is 441 g/mol. The largest absolute Gasteiger partial charge is 0.492 e. The number of likely N-dealkylation sites (tertiary alicyclic amines) is 2. The third-order valence-corrected chi connectivity index (χ3v) is 6.95. The highest BCUT2D eigenvalue weighted by atomic mass is 32.2. The highest BCUT2D eigenvalue weighted by molar-refractivity contribution is 7.92. The normalized spacial score (nSPS) is 23.9. The van der Waals surface area contributed by atoms with Crippen molar-refractivity contribution < 1.29 is 13.2 Å². The molecule has 2 unspecified atom stereocenters. The summed E-state index contributed by atoms with van der Waals surface area (Å²) in [5, 5.41) is 0. The molecule has 2 atom stereocenters. The number of ether oxygens (including phenoxy) is 1. The Kier molecular flexibility index (Phi) is 5.64. The minimum absolute atomic E-state index is 0.209. The molecule has 0 radical (unpaired) electrons. The van der Waals surface area contributed by atoms with Crippen LogP contribution < -0.4 is 9.46 Å². The van der Waals surface area contributed by atoms with Crippen molar-refractivity contribution in [2.75, 3.05) is 30.7 Å². The summed E-state index contributed by atoms with van der Waals surface area (Å²) in [5.74, 6) is 1.86. The minimum atomic E-state index is -3.29. The summed E-state index contributed by atoms with van der Waals surface area (Å²) in [5.41, 5.74) is 4.76. The Hall–Kier alpha value is -2.67. The van der Waals surface area contributed by atoms with Crippen LogP contribution in [0.1, 0.15) is 19.3 Å². The molecule has 1 aliphatic carbocycles. The summed E-state index contributed by atoms with van der Waals surface area (Å²) in [6.07, 6.45) is 4.66. The predicted molar refractivity (Wildman–Crippen MR) is 125 cm³/mol. The summed E-state index contributed by atoms with van der Waals surface area (Å²) in [4.78, 5) is 4.47. The van der Waals surface area contributed by atoms with Crippen molar-refractivity contribution >= 4 is 15.7 Å². The topological polar surface area (TPSA) is 61.9 Å². The van der Waals surface area contributed by atoms with Crippen LogP contribution in [-0.2, 0) is 10.0 Å². The van der Waals surface area contributed by atoms with E-state index >= 15 is 0 Å². The number of nitrogens with one attached hydrogen (secondary N) is 1. The first kappa shape index (κ1) is 21.6. The second-order valence-electron chi connectivity index (χ2n) is 8.76. The van der Waals surface area contributed by atoms with Gasteiger partial charge in [-0.25, -0.2) is 8.42 Å². The van der Waals surface area contributed by atoms with Crippen LogP contribution in [0.25, 0.3) is 0 Å². The molecule has 0 amide bonds. The molecule has 31 heavy (non-hydrogen) atoms. The van der Waals surface area contributed by atoms with Gasteiger partial charge in [0.25, 0.3) is 0 Å². The number of sulfonamides is 1. The highest BCUT2D eigenvalue weighted by Gasteiger charge is 2.44. The van der Waals surface area contributed by atoms with Gasteiger partial charge in [0.2, 0.25) is 10.0 Å². The van der Waals surface area contributed by atoms with Crippen molar-refractivity contribution in [1.82, 2.24) is 9.80 Å². The number of piperidine rings is 2. The van der Waals surface area contributed by atoms with E-state index in [1.54, 1.807) is 24.3 Å². The van der Waals surface area contributed by atoms with E-state index in [0.29, 0.717) is 24.6 Å². The van der Waals surface area contributed by atoms with Gasteiger partial charge in [0.1, 0.15) is 12.4 Å². The molecular formula is C24H31N3O3S. The molecule has 1 aromatic carbocycles. The van der Waals surface area contributed by atoms with Gasteiger partial charge in [-0.15, -0.1) is 0 Å². The molecule has 0 spiro atoms. The van der Waals surface area contributed by atoms with E-state index in [2.05, 4.69) is 40.8 Å². The summed E-state index contributed by atoms with van der Waals surface area (Å²) in [6, 6.07) is 6.87. The highest BCUT2D eigenvalue weighted by Crippen LogP contribution is 2.49. The summed E-state index contributed by atoms with van der Waals surface area (Å²) < 4.78 is 31.0. The molecule has 3 aliphatic rings. The molecule has 1 aromatic rings. The molecular weight excluding hydrogens is 410 g/mol. The molecule has 0 aromatic heterocycles. The zero-order chi connectivity index (χ0) is 22.3. The number of hydrogen-bond acceptors (Lipinski definition) is 5. The quantitative estimate of drug-likeness (QED) is 0.657. The Morgan fingerprint density at radius 1 is 0.968 bits per heavy atom. The maximum Gasteiger partial charge on any atom is 0.229 e. The standard InChI is InChI=1S/C24H31N3O3S/c1-16-23-14-24(19(4)27(18(23)3)15-20-6-7-20)17(2)26(16)12-13-30-22-10-8-21(9-11-22)25-31(5,28)29/h8-11,20,23-25H,1-4,6-7,12-15H2,5H3. The average molecular weight is 442 g/mol. The molecule has 1 N–H and O–H groups in total. The molecule has 7 heteroatoms. The van der Waals surface area contributed by atoms with Gasteiger partial charge >= 0.3 is 0 Å². The van der Waals surface area contributed by atoms with Crippen molar-refractivity contribution in [2.24, 2.45) is 17.8 Å². The molecule has 2 bridgehead atoms. The Morgan fingerprint density at radius 2 is 1.52 bits per heavy atom. The molecule has 2 heterocycles. The fraction of sp³-hybridized carbons (Fsp3) is 0.417. The molecule has 1 saturated carbocycles. The first-order chi connectivity index (χ1) is 14.6. The zero-order valence-corrected chi connectivity index (χ0v) is 19.0. The Morgan fingerprint density at radius 3 is 2.03 bits per heavy atom. The van der Waals surface area contributed by atoms with Crippen molar-refractivity contribution in [3.8, 4) is 5.75 Å². The van der Waals surface area contributed by atoms with Gasteiger partial charge in [0, 0.05) is 46.9 Å². The summed E-state index contributed by atoms with van der Waals surface area (Å²) in [7, 11) is -3.29. The number of rotatable bonds is 8. The van der Waals surface area contributed by atoms with Gasteiger partial charge in [-0.3, -0.25) is 4.72 Å². The number of nitrogens with zero attached hydrogens (tertiary/aromatic N) is 2. The zero-order valence-electron chi connectivity index (χ0n) is 18.1. The van der Waals surface area contributed by atoms with Crippen LogP contribution >= 0.6 is 0 Å².